The van der Waals surface area contributed by atoms with E-state index in [0.29, 0.717) is 10.6 Å². The highest BCUT2D eigenvalue weighted by molar-refractivity contribution is 6.30. The van der Waals surface area contributed by atoms with Crippen molar-refractivity contribution < 1.29 is 9.72 Å². The molecule has 2 rings (SSSR count). The van der Waals surface area contributed by atoms with Crippen LogP contribution in [0.3, 0.4) is 0 Å². The number of nitro benzene ring substituents is 1. The van der Waals surface area contributed by atoms with Gasteiger partial charge in [-0.2, -0.15) is 5.26 Å². The van der Waals surface area contributed by atoms with Crippen molar-refractivity contribution in [1.29, 1.82) is 5.26 Å². The predicted octanol–water partition coefficient (Wildman–Crippen LogP) is 3.79. The second kappa shape index (κ2) is 7.20. The average molecular weight is 328 g/mol. The third-order valence-electron chi connectivity index (χ3n) is 2.86. The van der Waals surface area contributed by atoms with Crippen LogP contribution in [-0.4, -0.2) is 10.8 Å². The maximum absolute atomic E-state index is 12.1. The molecular formula is C16H10ClN3O3. The third-order valence-corrected chi connectivity index (χ3v) is 3.11. The maximum Gasteiger partial charge on any atom is 0.271 e. The number of non-ortho nitro benzene ring substituents is 1. The van der Waals surface area contributed by atoms with Crippen LogP contribution in [0.2, 0.25) is 5.02 Å². The topological polar surface area (TPSA) is 96.0 Å². The number of nitriles is 1. The fraction of sp³-hybridized carbons (Fsp3) is 0. The third kappa shape index (κ3) is 4.40. The second-order valence-corrected chi connectivity index (χ2v) is 4.92. The molecule has 7 heteroatoms. The first kappa shape index (κ1) is 16.2. The Bertz CT molecular complexity index is 823. The Hall–Kier alpha value is -3.17. The number of carbonyl (C=O) groups excluding carboxylic acids is 1. The van der Waals surface area contributed by atoms with Gasteiger partial charge in [-0.05, 0) is 29.8 Å². The number of carbonyl (C=O) groups is 1. The van der Waals surface area contributed by atoms with E-state index in [1.54, 1.807) is 30.3 Å². The molecule has 1 amide bonds. The molecule has 0 radical (unpaired) electrons. The van der Waals surface area contributed by atoms with E-state index in [2.05, 4.69) is 5.32 Å². The Morgan fingerprint density at radius 2 is 1.96 bits per heavy atom. The van der Waals surface area contributed by atoms with E-state index in [9.17, 15) is 14.9 Å². The van der Waals surface area contributed by atoms with Crippen molar-refractivity contribution in [3.05, 3.63) is 74.8 Å². The summed E-state index contributed by atoms with van der Waals surface area (Å²) in [4.78, 5) is 22.2. The van der Waals surface area contributed by atoms with Crippen molar-refractivity contribution in [2.45, 2.75) is 0 Å². The molecular weight excluding hydrogens is 318 g/mol. The molecule has 0 aliphatic heterocycles. The van der Waals surface area contributed by atoms with E-state index in [1.165, 1.54) is 30.3 Å². The van der Waals surface area contributed by atoms with E-state index < -0.39 is 10.8 Å². The number of amides is 1. The normalized spacial score (nSPS) is 10.7. The number of benzene rings is 2. The molecule has 0 saturated heterocycles. The van der Waals surface area contributed by atoms with Crippen molar-refractivity contribution in [1.82, 2.24) is 0 Å². The molecule has 114 valence electrons. The highest BCUT2D eigenvalue weighted by Gasteiger charge is 2.12. The number of hydrogen-bond acceptors (Lipinski definition) is 4. The van der Waals surface area contributed by atoms with E-state index in [4.69, 9.17) is 16.9 Å². The van der Waals surface area contributed by atoms with Gasteiger partial charge in [-0.1, -0.05) is 29.8 Å². The Morgan fingerprint density at radius 1 is 1.26 bits per heavy atom. The maximum atomic E-state index is 12.1. The second-order valence-electron chi connectivity index (χ2n) is 4.48. The molecule has 0 bridgehead atoms. The van der Waals surface area contributed by atoms with Crippen LogP contribution in [0.1, 0.15) is 5.56 Å². The van der Waals surface area contributed by atoms with E-state index in [-0.39, 0.29) is 16.9 Å². The molecule has 0 unspecified atom stereocenters. The first-order chi connectivity index (χ1) is 11.0. The number of rotatable bonds is 4. The first-order valence-electron chi connectivity index (χ1n) is 6.43. The van der Waals surface area contributed by atoms with Gasteiger partial charge >= 0.3 is 0 Å². The van der Waals surface area contributed by atoms with Crippen LogP contribution in [0.25, 0.3) is 6.08 Å². The minimum absolute atomic E-state index is 0.126. The molecule has 0 fully saturated rings. The van der Waals surface area contributed by atoms with Crippen molar-refractivity contribution >= 4 is 35.0 Å². The van der Waals surface area contributed by atoms with E-state index >= 15 is 0 Å². The summed E-state index contributed by atoms with van der Waals surface area (Å²) >= 11 is 5.77. The summed E-state index contributed by atoms with van der Waals surface area (Å²) in [6.07, 6.45) is 1.41. The fourth-order valence-corrected chi connectivity index (χ4v) is 1.90. The average Bonchev–Trinajstić information content (AvgIpc) is 2.54. The van der Waals surface area contributed by atoms with Gasteiger partial charge < -0.3 is 5.32 Å². The summed E-state index contributed by atoms with van der Waals surface area (Å²) in [5.41, 5.74) is 0.600. The standard InChI is InChI=1S/C16H10ClN3O3/c17-13-6-4-11(5-7-13)8-12(10-18)16(21)19-14-2-1-3-15(9-14)20(22)23/h1-9H,(H,19,21). The van der Waals surface area contributed by atoms with Gasteiger partial charge in [0.2, 0.25) is 0 Å². The van der Waals surface area contributed by atoms with Crippen LogP contribution in [0.4, 0.5) is 11.4 Å². The summed E-state index contributed by atoms with van der Waals surface area (Å²) < 4.78 is 0. The zero-order valence-corrected chi connectivity index (χ0v) is 12.4. The SMILES string of the molecule is N#CC(=Cc1ccc(Cl)cc1)C(=O)Nc1cccc([N+](=O)[O-])c1. The quantitative estimate of drug-likeness (QED) is 0.400. The van der Waals surface area contributed by atoms with Crippen molar-refractivity contribution in [3.8, 4) is 6.07 Å². The number of nitro groups is 1. The zero-order chi connectivity index (χ0) is 16.8. The zero-order valence-electron chi connectivity index (χ0n) is 11.7. The smallest absolute Gasteiger partial charge is 0.271 e. The number of halogens is 1. The van der Waals surface area contributed by atoms with Crippen LogP contribution < -0.4 is 5.32 Å². The lowest BCUT2D eigenvalue weighted by Crippen LogP contribution is -2.13. The highest BCUT2D eigenvalue weighted by Crippen LogP contribution is 2.18. The lowest BCUT2D eigenvalue weighted by molar-refractivity contribution is -0.384. The van der Waals surface area contributed by atoms with Crippen LogP contribution in [0.5, 0.6) is 0 Å². The minimum Gasteiger partial charge on any atom is -0.321 e. The van der Waals surface area contributed by atoms with Crippen molar-refractivity contribution in [3.63, 3.8) is 0 Å². The first-order valence-corrected chi connectivity index (χ1v) is 6.80. The number of nitrogens with zero attached hydrogens (tertiary/aromatic N) is 2. The molecule has 0 saturated carbocycles. The van der Waals surface area contributed by atoms with Crippen LogP contribution in [0, 0.1) is 21.4 Å². The molecule has 0 heterocycles. The Kier molecular flexibility index (Phi) is 5.07. The molecule has 23 heavy (non-hydrogen) atoms. The molecule has 2 aromatic rings. The number of anilines is 1. The van der Waals surface area contributed by atoms with Gasteiger partial charge in [0.25, 0.3) is 11.6 Å². The van der Waals surface area contributed by atoms with Gasteiger partial charge in [0, 0.05) is 22.8 Å². The molecule has 0 atom stereocenters. The molecule has 0 aromatic heterocycles. The lowest BCUT2D eigenvalue weighted by atomic mass is 10.1. The van der Waals surface area contributed by atoms with Gasteiger partial charge in [0.1, 0.15) is 11.6 Å². The van der Waals surface area contributed by atoms with Crippen molar-refractivity contribution in [2.75, 3.05) is 5.32 Å². The van der Waals surface area contributed by atoms with Gasteiger partial charge in [0.15, 0.2) is 0 Å². The number of nitrogens with one attached hydrogen (secondary N) is 1. The summed E-state index contributed by atoms with van der Waals surface area (Å²) in [6, 6.07) is 13.9. The summed E-state index contributed by atoms with van der Waals surface area (Å²) in [6.45, 7) is 0. The van der Waals surface area contributed by atoms with Crippen LogP contribution in [-0.2, 0) is 4.79 Å². The van der Waals surface area contributed by atoms with E-state index in [1.807, 2.05) is 0 Å². The Labute approximate surface area is 136 Å². The van der Waals surface area contributed by atoms with Crippen LogP contribution in [0.15, 0.2) is 54.1 Å². The number of hydrogen-bond donors (Lipinski definition) is 1. The van der Waals surface area contributed by atoms with Gasteiger partial charge in [-0.15, -0.1) is 0 Å². The predicted molar refractivity (Wildman–Crippen MR) is 86.8 cm³/mol. The van der Waals surface area contributed by atoms with E-state index in [0.717, 1.165) is 0 Å². The molecule has 6 nitrogen and oxygen atoms in total. The summed E-state index contributed by atoms with van der Waals surface area (Å²) in [5, 5.41) is 22.8. The summed E-state index contributed by atoms with van der Waals surface area (Å²) in [5.74, 6) is -0.650. The summed E-state index contributed by atoms with van der Waals surface area (Å²) in [7, 11) is 0. The van der Waals surface area contributed by atoms with Gasteiger partial charge in [-0.3, -0.25) is 14.9 Å². The Morgan fingerprint density at radius 3 is 2.57 bits per heavy atom. The monoisotopic (exact) mass is 327 g/mol. The largest absolute Gasteiger partial charge is 0.321 e. The highest BCUT2D eigenvalue weighted by atomic mass is 35.5. The molecule has 0 spiro atoms. The molecule has 2 aromatic carbocycles. The van der Waals surface area contributed by atoms with Gasteiger partial charge in [-0.25, -0.2) is 0 Å². The molecule has 0 aliphatic rings. The van der Waals surface area contributed by atoms with Crippen molar-refractivity contribution in [2.24, 2.45) is 0 Å². The molecule has 1 N–H and O–H groups in total. The lowest BCUT2D eigenvalue weighted by Gasteiger charge is -2.04. The van der Waals surface area contributed by atoms with Gasteiger partial charge in [0.05, 0.1) is 4.92 Å². The molecule has 0 aliphatic carbocycles. The minimum atomic E-state index is -0.650. The fourth-order valence-electron chi connectivity index (χ4n) is 1.77. The van der Waals surface area contributed by atoms with Crippen LogP contribution >= 0.6 is 11.6 Å². The Balaban J connectivity index is 2.21.